The Hall–Kier alpha value is -2.49. The van der Waals surface area contributed by atoms with Crippen molar-refractivity contribution in [2.24, 2.45) is 0 Å². The number of benzene rings is 2. The molecular weight excluding hydrogens is 290 g/mol. The van der Waals surface area contributed by atoms with E-state index in [1.807, 2.05) is 57.2 Å². The lowest BCUT2D eigenvalue weighted by Crippen LogP contribution is -2.30. The normalized spacial score (nSPS) is 11.7. The van der Waals surface area contributed by atoms with E-state index in [-0.39, 0.29) is 5.91 Å². The van der Waals surface area contributed by atoms with E-state index in [0.29, 0.717) is 11.4 Å². The van der Waals surface area contributed by atoms with Gasteiger partial charge in [-0.2, -0.15) is 0 Å². The average Bonchev–Trinajstić information content (AvgIpc) is 2.50. The van der Waals surface area contributed by atoms with Crippen LogP contribution >= 0.6 is 0 Å². The summed E-state index contributed by atoms with van der Waals surface area (Å²) < 4.78 is 11.1. The number of hydrogen-bond donors (Lipinski definition) is 1. The molecule has 0 aromatic heterocycles. The van der Waals surface area contributed by atoms with Gasteiger partial charge in [-0.1, -0.05) is 23.8 Å². The zero-order valence-electron chi connectivity index (χ0n) is 14.3. The van der Waals surface area contributed by atoms with Gasteiger partial charge >= 0.3 is 0 Å². The molecule has 0 heterocycles. The second-order valence-electron chi connectivity index (χ2n) is 5.72. The van der Waals surface area contributed by atoms with E-state index in [2.05, 4.69) is 5.32 Å². The molecule has 0 radical (unpaired) electrons. The third-order valence-corrected chi connectivity index (χ3v) is 3.62. The van der Waals surface area contributed by atoms with Crippen molar-refractivity contribution in [1.29, 1.82) is 0 Å². The number of nitrogens with one attached hydrogen (secondary N) is 1. The van der Waals surface area contributed by atoms with Crippen LogP contribution in [0.3, 0.4) is 0 Å². The monoisotopic (exact) mass is 313 g/mol. The number of amides is 1. The van der Waals surface area contributed by atoms with Gasteiger partial charge in [-0.25, -0.2) is 0 Å². The van der Waals surface area contributed by atoms with Gasteiger partial charge in [-0.15, -0.1) is 0 Å². The molecule has 0 aliphatic heterocycles. The predicted octanol–water partition coefficient (Wildman–Crippen LogP) is 4.03. The van der Waals surface area contributed by atoms with Gasteiger partial charge in [0.2, 0.25) is 0 Å². The molecule has 4 nitrogen and oxygen atoms in total. The number of anilines is 1. The van der Waals surface area contributed by atoms with Gasteiger partial charge in [-0.05, 0) is 57.0 Å². The number of aryl methyl sites for hydroxylation is 3. The molecule has 0 fully saturated rings. The molecule has 2 aromatic rings. The summed E-state index contributed by atoms with van der Waals surface area (Å²) in [6.07, 6.45) is -0.610. The van der Waals surface area contributed by atoms with E-state index in [4.69, 9.17) is 9.47 Å². The summed E-state index contributed by atoms with van der Waals surface area (Å²) in [5.41, 5.74) is 3.87. The minimum Gasteiger partial charge on any atom is -0.495 e. The van der Waals surface area contributed by atoms with Crippen LogP contribution in [0.25, 0.3) is 0 Å². The van der Waals surface area contributed by atoms with Crippen LogP contribution in [0.2, 0.25) is 0 Å². The molecule has 0 unspecified atom stereocenters. The molecule has 0 spiro atoms. The Balaban J connectivity index is 2.10. The third-order valence-electron chi connectivity index (χ3n) is 3.62. The van der Waals surface area contributed by atoms with E-state index >= 15 is 0 Å². The van der Waals surface area contributed by atoms with Crippen molar-refractivity contribution in [3.63, 3.8) is 0 Å². The number of ether oxygens (including phenoxy) is 2. The van der Waals surface area contributed by atoms with Crippen LogP contribution in [0.5, 0.6) is 11.5 Å². The first-order chi connectivity index (χ1) is 10.9. The predicted molar refractivity (Wildman–Crippen MR) is 92.4 cm³/mol. The molecule has 1 amide bonds. The number of rotatable bonds is 5. The fourth-order valence-corrected chi connectivity index (χ4v) is 2.33. The summed E-state index contributed by atoms with van der Waals surface area (Å²) >= 11 is 0. The summed E-state index contributed by atoms with van der Waals surface area (Å²) in [6.45, 7) is 7.69. The summed E-state index contributed by atoms with van der Waals surface area (Å²) in [5.74, 6) is 1.13. The third kappa shape index (κ3) is 4.25. The van der Waals surface area contributed by atoms with E-state index in [1.54, 1.807) is 14.0 Å². The Labute approximate surface area is 137 Å². The first kappa shape index (κ1) is 16.9. The maximum absolute atomic E-state index is 12.4. The van der Waals surface area contributed by atoms with E-state index in [0.717, 1.165) is 22.4 Å². The summed E-state index contributed by atoms with van der Waals surface area (Å²) in [5, 5.41) is 2.86. The molecule has 0 aliphatic carbocycles. The Morgan fingerprint density at radius 1 is 1.00 bits per heavy atom. The SMILES string of the molecule is COc1ccc(C)cc1NC(=O)[C@H](C)Oc1ccc(C)cc1C. The fraction of sp³-hybridized carbons (Fsp3) is 0.316. The standard InChI is InChI=1S/C19H23NO3/c1-12-6-8-17(14(3)10-12)23-15(4)19(21)20-16-11-13(2)7-9-18(16)22-5/h6-11,15H,1-5H3,(H,20,21)/t15-/m0/s1. The molecule has 0 saturated carbocycles. The molecule has 0 bridgehead atoms. The van der Waals surface area contributed by atoms with E-state index in [1.165, 1.54) is 0 Å². The minimum atomic E-state index is -0.610. The molecule has 122 valence electrons. The molecule has 1 N–H and O–H groups in total. The quantitative estimate of drug-likeness (QED) is 0.906. The lowest BCUT2D eigenvalue weighted by Gasteiger charge is -2.18. The lowest BCUT2D eigenvalue weighted by atomic mass is 10.1. The maximum Gasteiger partial charge on any atom is 0.265 e. The van der Waals surface area contributed by atoms with Gasteiger partial charge in [0.1, 0.15) is 11.5 Å². The molecule has 4 heteroatoms. The molecule has 1 atom stereocenters. The smallest absolute Gasteiger partial charge is 0.265 e. The molecule has 23 heavy (non-hydrogen) atoms. The van der Waals surface area contributed by atoms with Crippen molar-refractivity contribution in [2.75, 3.05) is 12.4 Å². The van der Waals surface area contributed by atoms with Gasteiger partial charge in [0.05, 0.1) is 12.8 Å². The average molecular weight is 313 g/mol. The van der Waals surface area contributed by atoms with Gasteiger partial charge in [-0.3, -0.25) is 4.79 Å². The van der Waals surface area contributed by atoms with Crippen molar-refractivity contribution in [3.8, 4) is 11.5 Å². The van der Waals surface area contributed by atoms with Crippen molar-refractivity contribution in [1.82, 2.24) is 0 Å². The van der Waals surface area contributed by atoms with Crippen molar-refractivity contribution in [3.05, 3.63) is 53.1 Å². The van der Waals surface area contributed by atoms with Crippen LogP contribution in [0.4, 0.5) is 5.69 Å². The van der Waals surface area contributed by atoms with Crippen LogP contribution in [0.15, 0.2) is 36.4 Å². The van der Waals surface area contributed by atoms with Crippen LogP contribution in [-0.4, -0.2) is 19.1 Å². The highest BCUT2D eigenvalue weighted by Gasteiger charge is 2.17. The topological polar surface area (TPSA) is 47.6 Å². The van der Waals surface area contributed by atoms with Crippen molar-refractivity contribution in [2.45, 2.75) is 33.8 Å². The Bertz CT molecular complexity index is 710. The van der Waals surface area contributed by atoms with Crippen LogP contribution in [-0.2, 0) is 4.79 Å². The molecule has 2 rings (SSSR count). The molecule has 0 saturated heterocycles. The van der Waals surface area contributed by atoms with Crippen LogP contribution in [0.1, 0.15) is 23.6 Å². The lowest BCUT2D eigenvalue weighted by molar-refractivity contribution is -0.122. The Morgan fingerprint density at radius 2 is 1.61 bits per heavy atom. The maximum atomic E-state index is 12.4. The van der Waals surface area contributed by atoms with Gasteiger partial charge in [0.15, 0.2) is 6.10 Å². The minimum absolute atomic E-state index is 0.214. The zero-order chi connectivity index (χ0) is 17.0. The van der Waals surface area contributed by atoms with E-state index in [9.17, 15) is 4.79 Å². The second kappa shape index (κ2) is 7.18. The number of carbonyl (C=O) groups is 1. The molecular formula is C19H23NO3. The van der Waals surface area contributed by atoms with Gasteiger partial charge in [0.25, 0.3) is 5.91 Å². The Morgan fingerprint density at radius 3 is 2.22 bits per heavy atom. The van der Waals surface area contributed by atoms with Crippen molar-refractivity contribution < 1.29 is 14.3 Å². The largest absolute Gasteiger partial charge is 0.495 e. The fourth-order valence-electron chi connectivity index (χ4n) is 2.33. The summed E-state index contributed by atoms with van der Waals surface area (Å²) in [4.78, 5) is 12.4. The number of methoxy groups -OCH3 is 1. The van der Waals surface area contributed by atoms with Gasteiger partial charge < -0.3 is 14.8 Å². The van der Waals surface area contributed by atoms with Crippen LogP contribution < -0.4 is 14.8 Å². The van der Waals surface area contributed by atoms with Crippen molar-refractivity contribution >= 4 is 11.6 Å². The number of hydrogen-bond acceptors (Lipinski definition) is 3. The molecule has 0 aliphatic rings. The highest BCUT2D eigenvalue weighted by Crippen LogP contribution is 2.26. The zero-order valence-corrected chi connectivity index (χ0v) is 14.3. The molecule has 2 aromatic carbocycles. The highest BCUT2D eigenvalue weighted by molar-refractivity contribution is 5.95. The van der Waals surface area contributed by atoms with Crippen LogP contribution in [0, 0.1) is 20.8 Å². The van der Waals surface area contributed by atoms with Gasteiger partial charge in [0, 0.05) is 0 Å². The summed E-state index contributed by atoms with van der Waals surface area (Å²) in [6, 6.07) is 11.5. The number of carbonyl (C=O) groups excluding carboxylic acids is 1. The first-order valence-electron chi connectivity index (χ1n) is 7.60. The highest BCUT2D eigenvalue weighted by atomic mass is 16.5. The summed E-state index contributed by atoms with van der Waals surface area (Å²) in [7, 11) is 1.58. The van der Waals surface area contributed by atoms with E-state index < -0.39 is 6.10 Å². The Kier molecular flexibility index (Phi) is 5.27. The first-order valence-corrected chi connectivity index (χ1v) is 7.60. The second-order valence-corrected chi connectivity index (χ2v) is 5.72.